The molecule has 154 valence electrons. The first kappa shape index (κ1) is 20.3. The molecular formula is C20H14F3N3O2S2. The molecule has 0 radical (unpaired) electrons. The maximum Gasteiger partial charge on any atom is 0.435 e. The second-order valence-corrected chi connectivity index (χ2v) is 8.93. The number of benzene rings is 2. The van der Waals surface area contributed by atoms with Crippen LogP contribution in [0.4, 0.5) is 13.2 Å². The Morgan fingerprint density at radius 2 is 1.57 bits per heavy atom. The lowest BCUT2D eigenvalue weighted by Crippen LogP contribution is -2.12. The highest BCUT2D eigenvalue weighted by Crippen LogP contribution is 2.34. The largest absolute Gasteiger partial charge is 0.435 e. The molecule has 4 rings (SSSR count). The number of hydrogen-bond acceptors (Lipinski definition) is 4. The summed E-state index contributed by atoms with van der Waals surface area (Å²) < 4.78 is 64.0. The van der Waals surface area contributed by atoms with Crippen LogP contribution in [-0.2, 0) is 16.2 Å². The van der Waals surface area contributed by atoms with E-state index in [2.05, 4.69) is 5.10 Å². The van der Waals surface area contributed by atoms with Gasteiger partial charge < -0.3 is 0 Å². The molecule has 5 nitrogen and oxygen atoms in total. The molecule has 4 aromatic rings. The molecule has 0 aliphatic carbocycles. The van der Waals surface area contributed by atoms with Crippen molar-refractivity contribution in [1.82, 2.24) is 9.78 Å². The Hall–Kier alpha value is -2.95. The highest BCUT2D eigenvalue weighted by atomic mass is 32.2. The molecule has 0 aliphatic heterocycles. The number of alkyl halides is 3. The first-order valence-corrected chi connectivity index (χ1v) is 11.0. The molecule has 2 aromatic carbocycles. The molecule has 30 heavy (non-hydrogen) atoms. The normalized spacial score (nSPS) is 12.3. The van der Waals surface area contributed by atoms with Crippen molar-refractivity contribution < 1.29 is 21.6 Å². The Balaban J connectivity index is 1.80. The van der Waals surface area contributed by atoms with E-state index in [0.717, 1.165) is 21.2 Å². The quantitative estimate of drug-likeness (QED) is 0.480. The summed E-state index contributed by atoms with van der Waals surface area (Å²) in [6, 6.07) is 17.1. The van der Waals surface area contributed by atoms with Crippen molar-refractivity contribution in [3.63, 3.8) is 0 Å². The van der Waals surface area contributed by atoms with Crippen molar-refractivity contribution in [3.8, 4) is 27.4 Å². The lowest BCUT2D eigenvalue weighted by atomic mass is 10.1. The molecule has 0 bridgehead atoms. The molecule has 0 saturated heterocycles. The molecule has 0 unspecified atom stereocenters. The number of aromatic nitrogens is 2. The summed E-state index contributed by atoms with van der Waals surface area (Å²) in [6.07, 6.45) is -4.63. The van der Waals surface area contributed by atoms with Gasteiger partial charge in [-0.15, -0.1) is 11.3 Å². The van der Waals surface area contributed by atoms with E-state index in [1.165, 1.54) is 24.3 Å². The summed E-state index contributed by atoms with van der Waals surface area (Å²) in [5.41, 5.74) is 0.941. The second-order valence-electron chi connectivity index (χ2n) is 6.42. The van der Waals surface area contributed by atoms with Crippen molar-refractivity contribution in [2.24, 2.45) is 5.14 Å². The van der Waals surface area contributed by atoms with E-state index >= 15 is 0 Å². The Morgan fingerprint density at radius 1 is 0.933 bits per heavy atom. The van der Waals surface area contributed by atoms with E-state index < -0.39 is 21.9 Å². The highest BCUT2D eigenvalue weighted by molar-refractivity contribution is 7.89. The molecule has 0 amide bonds. The van der Waals surface area contributed by atoms with Crippen molar-refractivity contribution in [3.05, 3.63) is 77.8 Å². The number of nitrogens with two attached hydrogens (primary N) is 1. The van der Waals surface area contributed by atoms with Crippen LogP contribution in [0.3, 0.4) is 0 Å². The maximum atomic E-state index is 13.3. The lowest BCUT2D eigenvalue weighted by Gasteiger charge is -2.09. The summed E-state index contributed by atoms with van der Waals surface area (Å²) >= 11 is 1.56. The Morgan fingerprint density at radius 3 is 2.10 bits per heavy atom. The summed E-state index contributed by atoms with van der Waals surface area (Å²) in [5, 5.41) is 10.7. The van der Waals surface area contributed by atoms with Gasteiger partial charge in [-0.3, -0.25) is 0 Å². The van der Waals surface area contributed by atoms with Gasteiger partial charge in [0.15, 0.2) is 5.69 Å². The van der Waals surface area contributed by atoms with Gasteiger partial charge in [-0.2, -0.15) is 18.3 Å². The van der Waals surface area contributed by atoms with Crippen molar-refractivity contribution >= 4 is 21.4 Å². The maximum absolute atomic E-state index is 13.3. The third-order valence-electron chi connectivity index (χ3n) is 4.40. The van der Waals surface area contributed by atoms with Gasteiger partial charge in [0.2, 0.25) is 10.0 Å². The minimum absolute atomic E-state index is 0.142. The fourth-order valence-corrected chi connectivity index (χ4v) is 4.20. The number of halogens is 3. The van der Waals surface area contributed by atoms with E-state index in [-0.39, 0.29) is 16.3 Å². The van der Waals surface area contributed by atoms with Crippen LogP contribution in [0.1, 0.15) is 5.69 Å². The number of sulfonamides is 1. The molecule has 0 spiro atoms. The topological polar surface area (TPSA) is 78.0 Å². The average Bonchev–Trinajstić information content (AvgIpc) is 3.37. The predicted octanol–water partition coefficient (Wildman–Crippen LogP) is 4.93. The Kier molecular flexibility index (Phi) is 5.00. The molecule has 0 aliphatic rings. The van der Waals surface area contributed by atoms with Gasteiger partial charge in [-0.05, 0) is 47.3 Å². The van der Waals surface area contributed by atoms with Crippen LogP contribution in [-0.4, -0.2) is 18.2 Å². The van der Waals surface area contributed by atoms with Gasteiger partial charge in [0.1, 0.15) is 0 Å². The van der Waals surface area contributed by atoms with Gasteiger partial charge in [0, 0.05) is 10.4 Å². The third kappa shape index (κ3) is 4.02. The molecule has 0 atom stereocenters. The van der Waals surface area contributed by atoms with Crippen molar-refractivity contribution in [1.29, 1.82) is 0 Å². The predicted molar refractivity (Wildman–Crippen MR) is 109 cm³/mol. The van der Waals surface area contributed by atoms with Crippen LogP contribution in [0.25, 0.3) is 27.4 Å². The van der Waals surface area contributed by atoms with Crippen LogP contribution in [0.5, 0.6) is 0 Å². The van der Waals surface area contributed by atoms with E-state index in [1.807, 2.05) is 29.6 Å². The Bertz CT molecular complexity index is 1280. The lowest BCUT2D eigenvalue weighted by molar-refractivity contribution is -0.141. The van der Waals surface area contributed by atoms with Crippen LogP contribution < -0.4 is 5.14 Å². The summed E-state index contributed by atoms with van der Waals surface area (Å²) in [4.78, 5) is 0.904. The molecule has 2 aromatic heterocycles. The fraction of sp³-hybridized carbons (Fsp3) is 0.0500. The van der Waals surface area contributed by atoms with Gasteiger partial charge >= 0.3 is 6.18 Å². The first-order valence-electron chi connectivity index (χ1n) is 8.58. The number of thiophene rings is 1. The monoisotopic (exact) mass is 449 g/mol. The SMILES string of the molecule is NS(=O)(=O)c1ccc(-n2nc(C(F)(F)F)cc2-c2ccc(-c3cccs3)cc2)cc1. The van der Waals surface area contributed by atoms with Gasteiger partial charge in [0.05, 0.1) is 16.3 Å². The molecular weight excluding hydrogens is 435 g/mol. The molecule has 0 saturated carbocycles. The number of primary sulfonamides is 1. The van der Waals surface area contributed by atoms with E-state index in [9.17, 15) is 21.6 Å². The van der Waals surface area contributed by atoms with E-state index in [0.29, 0.717) is 5.56 Å². The number of rotatable bonds is 4. The van der Waals surface area contributed by atoms with Crippen LogP contribution in [0, 0.1) is 0 Å². The summed E-state index contributed by atoms with van der Waals surface area (Å²) in [6.45, 7) is 0. The zero-order valence-electron chi connectivity index (χ0n) is 15.2. The second kappa shape index (κ2) is 7.38. The van der Waals surface area contributed by atoms with Gasteiger partial charge in [-0.1, -0.05) is 30.3 Å². The minimum Gasteiger partial charge on any atom is -0.233 e. The number of nitrogens with zero attached hydrogens (tertiary/aromatic N) is 2. The van der Waals surface area contributed by atoms with Crippen LogP contribution >= 0.6 is 11.3 Å². The number of hydrogen-bond donors (Lipinski definition) is 1. The average molecular weight is 449 g/mol. The zero-order valence-corrected chi connectivity index (χ0v) is 16.8. The zero-order chi connectivity index (χ0) is 21.5. The van der Waals surface area contributed by atoms with Crippen molar-refractivity contribution in [2.75, 3.05) is 0 Å². The van der Waals surface area contributed by atoms with E-state index in [4.69, 9.17) is 5.14 Å². The molecule has 10 heteroatoms. The van der Waals surface area contributed by atoms with Gasteiger partial charge in [0.25, 0.3) is 0 Å². The fourth-order valence-electron chi connectivity index (χ4n) is 2.95. The Labute approximate surface area is 174 Å². The van der Waals surface area contributed by atoms with Gasteiger partial charge in [-0.25, -0.2) is 18.2 Å². The first-order chi connectivity index (χ1) is 14.1. The molecule has 2 N–H and O–H groups in total. The third-order valence-corrected chi connectivity index (χ3v) is 6.24. The van der Waals surface area contributed by atoms with Crippen molar-refractivity contribution in [2.45, 2.75) is 11.1 Å². The smallest absolute Gasteiger partial charge is 0.233 e. The van der Waals surface area contributed by atoms with Crippen LogP contribution in [0.2, 0.25) is 0 Å². The van der Waals surface area contributed by atoms with Crippen LogP contribution in [0.15, 0.2) is 77.0 Å². The summed E-state index contributed by atoms with van der Waals surface area (Å²) in [7, 11) is -3.92. The standard InChI is InChI=1S/C20H14F3N3O2S2/c21-20(22,23)19-12-17(13-3-5-14(6-4-13)18-2-1-11-29-18)26(25-19)15-7-9-16(10-8-15)30(24,27)28/h1-12H,(H2,24,27,28). The molecule has 0 fully saturated rings. The molecule has 2 heterocycles. The highest BCUT2D eigenvalue weighted by Gasteiger charge is 2.35. The summed E-state index contributed by atoms with van der Waals surface area (Å²) in [5.74, 6) is 0. The minimum atomic E-state index is -4.63. The van der Waals surface area contributed by atoms with E-state index in [1.54, 1.807) is 23.5 Å².